The van der Waals surface area contributed by atoms with E-state index < -0.39 is 5.82 Å². The van der Waals surface area contributed by atoms with Gasteiger partial charge in [0.05, 0.1) is 17.7 Å². The second kappa shape index (κ2) is 9.91. The zero-order chi connectivity index (χ0) is 20.8. The van der Waals surface area contributed by atoms with Crippen molar-refractivity contribution in [3.8, 4) is 0 Å². The number of anilines is 2. The Bertz CT molecular complexity index is 899. The van der Waals surface area contributed by atoms with Crippen LogP contribution in [-0.4, -0.2) is 40.3 Å². The van der Waals surface area contributed by atoms with Gasteiger partial charge in [-0.3, -0.25) is 5.32 Å². The topological polar surface area (TPSA) is 83.5 Å². The number of halogens is 2. The molecule has 1 saturated heterocycles. The molecule has 2 heterocycles. The number of guanidine groups is 1. The van der Waals surface area contributed by atoms with Crippen LogP contribution in [0.15, 0.2) is 29.3 Å². The van der Waals surface area contributed by atoms with Gasteiger partial charge in [-0.1, -0.05) is 11.6 Å². The molecule has 3 N–H and O–H groups in total. The van der Waals surface area contributed by atoms with Crippen LogP contribution in [0.4, 0.5) is 16.0 Å². The molecule has 3 rings (SSSR count). The predicted molar refractivity (Wildman–Crippen MR) is 117 cm³/mol. The molecule has 29 heavy (non-hydrogen) atoms. The molecule has 154 valence electrons. The Kier molecular flexibility index (Phi) is 7.29. The SMILES string of the molecule is Cc1cc(C)nc(NC(=NCC2CCCO2)NC(=S)Nc2ccc(F)c(Cl)c2)n1. The van der Waals surface area contributed by atoms with Crippen molar-refractivity contribution in [3.63, 3.8) is 0 Å². The highest BCUT2D eigenvalue weighted by Gasteiger charge is 2.16. The molecule has 1 aliphatic heterocycles. The number of aliphatic imine (C=N–C) groups is 1. The average Bonchev–Trinajstić information content (AvgIpc) is 3.15. The van der Waals surface area contributed by atoms with E-state index in [1.165, 1.54) is 12.1 Å². The van der Waals surface area contributed by atoms with E-state index in [9.17, 15) is 4.39 Å². The zero-order valence-corrected chi connectivity index (χ0v) is 17.7. The fraction of sp³-hybridized carbons (Fsp3) is 0.368. The Balaban J connectivity index is 1.71. The summed E-state index contributed by atoms with van der Waals surface area (Å²) in [5.74, 6) is 0.300. The van der Waals surface area contributed by atoms with Crippen LogP contribution in [0.25, 0.3) is 0 Å². The third kappa shape index (κ3) is 6.59. The zero-order valence-electron chi connectivity index (χ0n) is 16.1. The van der Waals surface area contributed by atoms with Gasteiger partial charge in [0.25, 0.3) is 0 Å². The van der Waals surface area contributed by atoms with Crippen LogP contribution in [0.1, 0.15) is 24.2 Å². The maximum Gasteiger partial charge on any atom is 0.229 e. The number of benzene rings is 1. The van der Waals surface area contributed by atoms with Gasteiger partial charge >= 0.3 is 0 Å². The van der Waals surface area contributed by atoms with Gasteiger partial charge in [0.2, 0.25) is 11.9 Å². The first-order valence-corrected chi connectivity index (χ1v) is 9.96. The van der Waals surface area contributed by atoms with E-state index in [-0.39, 0.29) is 16.2 Å². The monoisotopic (exact) mass is 436 g/mol. The lowest BCUT2D eigenvalue weighted by Crippen LogP contribution is -2.39. The largest absolute Gasteiger partial charge is 0.376 e. The van der Waals surface area contributed by atoms with Crippen LogP contribution in [0.3, 0.4) is 0 Å². The van der Waals surface area contributed by atoms with Crippen LogP contribution in [0, 0.1) is 19.7 Å². The molecular formula is C19H22ClFN6OS. The van der Waals surface area contributed by atoms with Crippen molar-refractivity contribution in [2.24, 2.45) is 4.99 Å². The molecule has 7 nitrogen and oxygen atoms in total. The van der Waals surface area contributed by atoms with E-state index in [2.05, 4.69) is 30.9 Å². The lowest BCUT2D eigenvalue weighted by Gasteiger charge is -2.15. The van der Waals surface area contributed by atoms with Gasteiger partial charge in [-0.2, -0.15) is 0 Å². The minimum atomic E-state index is -0.497. The molecule has 1 aromatic carbocycles. The third-order valence-corrected chi connectivity index (χ3v) is 4.59. The first-order valence-electron chi connectivity index (χ1n) is 9.17. The summed E-state index contributed by atoms with van der Waals surface area (Å²) in [7, 11) is 0. The minimum Gasteiger partial charge on any atom is -0.376 e. The lowest BCUT2D eigenvalue weighted by molar-refractivity contribution is 0.118. The number of nitrogens with one attached hydrogen (secondary N) is 3. The van der Waals surface area contributed by atoms with Crippen LogP contribution >= 0.6 is 23.8 Å². The van der Waals surface area contributed by atoms with Gasteiger partial charge in [-0.05, 0) is 63.2 Å². The Morgan fingerprint density at radius 3 is 2.69 bits per heavy atom. The fourth-order valence-corrected chi connectivity index (χ4v) is 3.22. The van der Waals surface area contributed by atoms with E-state index in [1.54, 1.807) is 6.07 Å². The summed E-state index contributed by atoms with van der Waals surface area (Å²) < 4.78 is 19.0. The summed E-state index contributed by atoms with van der Waals surface area (Å²) in [5.41, 5.74) is 2.22. The molecule has 1 atom stereocenters. The molecule has 1 unspecified atom stereocenters. The number of aromatic nitrogens is 2. The molecule has 0 aliphatic carbocycles. The quantitative estimate of drug-likeness (QED) is 0.381. The maximum atomic E-state index is 13.3. The van der Waals surface area contributed by atoms with Gasteiger partial charge in [0.15, 0.2) is 5.11 Å². The molecule has 0 radical (unpaired) electrons. The van der Waals surface area contributed by atoms with Crippen LogP contribution < -0.4 is 16.0 Å². The highest BCUT2D eigenvalue weighted by Crippen LogP contribution is 2.19. The highest BCUT2D eigenvalue weighted by atomic mass is 35.5. The van der Waals surface area contributed by atoms with Crippen LogP contribution in [0.5, 0.6) is 0 Å². The van der Waals surface area contributed by atoms with E-state index in [1.807, 2.05) is 19.9 Å². The molecule has 2 aromatic rings. The molecule has 1 aliphatic rings. The van der Waals surface area contributed by atoms with Crippen LogP contribution in [-0.2, 0) is 4.74 Å². The smallest absolute Gasteiger partial charge is 0.229 e. The molecule has 0 amide bonds. The van der Waals surface area contributed by atoms with Crippen molar-refractivity contribution in [1.29, 1.82) is 0 Å². The summed E-state index contributed by atoms with van der Waals surface area (Å²) >= 11 is 11.2. The first-order chi connectivity index (χ1) is 13.9. The molecule has 0 bridgehead atoms. The first kappa shape index (κ1) is 21.4. The van der Waals surface area contributed by atoms with Gasteiger partial charge < -0.3 is 15.4 Å². The fourth-order valence-electron chi connectivity index (χ4n) is 2.82. The third-order valence-electron chi connectivity index (χ3n) is 4.10. The van der Waals surface area contributed by atoms with Gasteiger partial charge in [0, 0.05) is 23.7 Å². The summed E-state index contributed by atoms with van der Waals surface area (Å²) in [6.07, 6.45) is 2.07. The Hall–Kier alpha value is -2.36. The van der Waals surface area contributed by atoms with Crippen molar-refractivity contribution >= 4 is 46.5 Å². The second-order valence-electron chi connectivity index (χ2n) is 6.63. The second-order valence-corrected chi connectivity index (χ2v) is 7.45. The standard InChI is InChI=1S/C19H22ClFN6OS/c1-11-8-12(2)24-18(23-11)26-17(22-10-14-4-3-7-28-14)27-19(29)25-13-5-6-16(21)15(20)9-13/h5-6,8-9,14H,3-4,7,10H2,1-2H3,(H3,22,23,24,25,26,27,29). The van der Waals surface area contributed by atoms with Gasteiger partial charge in [0.1, 0.15) is 5.82 Å². The highest BCUT2D eigenvalue weighted by molar-refractivity contribution is 7.80. The van der Waals surface area contributed by atoms with Crippen molar-refractivity contribution in [3.05, 3.63) is 46.5 Å². The van der Waals surface area contributed by atoms with Crippen molar-refractivity contribution in [2.75, 3.05) is 23.8 Å². The summed E-state index contributed by atoms with van der Waals surface area (Å²) in [4.78, 5) is 13.3. The molecule has 10 heteroatoms. The number of thiocarbonyl (C=S) groups is 1. The van der Waals surface area contributed by atoms with Gasteiger partial charge in [-0.25, -0.2) is 19.4 Å². The van der Waals surface area contributed by atoms with Gasteiger partial charge in [-0.15, -0.1) is 0 Å². The minimum absolute atomic E-state index is 0.00633. The van der Waals surface area contributed by atoms with E-state index in [0.29, 0.717) is 24.1 Å². The van der Waals surface area contributed by atoms with E-state index in [4.69, 9.17) is 28.6 Å². The predicted octanol–water partition coefficient (Wildman–Crippen LogP) is 3.82. The molecule has 0 spiro atoms. The number of hydrogen-bond donors (Lipinski definition) is 3. The van der Waals surface area contributed by atoms with Crippen LogP contribution in [0.2, 0.25) is 5.02 Å². The molecule has 1 aromatic heterocycles. The lowest BCUT2D eigenvalue weighted by atomic mass is 10.2. The van der Waals surface area contributed by atoms with E-state index in [0.717, 1.165) is 30.8 Å². The number of rotatable bonds is 4. The Labute approximate surface area is 179 Å². The summed E-state index contributed by atoms with van der Waals surface area (Å²) in [5, 5.41) is 9.29. The maximum absolute atomic E-state index is 13.3. The van der Waals surface area contributed by atoms with Crippen molar-refractivity contribution in [2.45, 2.75) is 32.8 Å². The normalized spacial score (nSPS) is 16.6. The Morgan fingerprint density at radius 2 is 2.03 bits per heavy atom. The van der Waals surface area contributed by atoms with E-state index >= 15 is 0 Å². The number of nitrogens with zero attached hydrogens (tertiary/aromatic N) is 3. The summed E-state index contributed by atoms with van der Waals surface area (Å²) in [6.45, 7) is 5.01. The van der Waals surface area contributed by atoms with Crippen molar-refractivity contribution in [1.82, 2.24) is 15.3 Å². The number of hydrogen-bond acceptors (Lipinski definition) is 5. The Morgan fingerprint density at radius 1 is 1.28 bits per heavy atom. The molecule has 0 saturated carbocycles. The molecule has 1 fully saturated rings. The number of aryl methyl sites for hydroxylation is 2. The number of ether oxygens (including phenoxy) is 1. The summed E-state index contributed by atoms with van der Waals surface area (Å²) in [6, 6.07) is 6.14. The average molecular weight is 437 g/mol. The molecular weight excluding hydrogens is 415 g/mol. The van der Waals surface area contributed by atoms with Crippen molar-refractivity contribution < 1.29 is 9.13 Å².